The number of thiazole rings is 1. The van der Waals surface area contributed by atoms with E-state index in [1.165, 1.54) is 11.3 Å². The van der Waals surface area contributed by atoms with Gasteiger partial charge in [0.15, 0.2) is 5.01 Å². The molecule has 1 N–H and O–H groups in total. The van der Waals surface area contributed by atoms with Crippen LogP contribution in [0.25, 0.3) is 12.3 Å². The maximum atomic E-state index is 12.2. The van der Waals surface area contributed by atoms with Crippen molar-refractivity contribution < 1.29 is 9.53 Å². The molecule has 108 valence electrons. The number of aliphatic imine (C=N–C) groups is 1. The number of amides is 1. The van der Waals surface area contributed by atoms with Gasteiger partial charge in [-0.05, 0) is 26.7 Å². The van der Waals surface area contributed by atoms with Crippen molar-refractivity contribution in [3.63, 3.8) is 0 Å². The van der Waals surface area contributed by atoms with Crippen molar-refractivity contribution in [3.05, 3.63) is 14.9 Å². The number of carbonyl (C=O) groups excluding carboxylic acids is 1. The summed E-state index contributed by atoms with van der Waals surface area (Å²) in [4.78, 5) is 20.7. The van der Waals surface area contributed by atoms with Gasteiger partial charge in [-0.25, -0.2) is 4.98 Å². The van der Waals surface area contributed by atoms with Crippen LogP contribution < -0.4 is 15.2 Å². The summed E-state index contributed by atoms with van der Waals surface area (Å²) >= 11 is 1.30. The summed E-state index contributed by atoms with van der Waals surface area (Å²) in [6.07, 6.45) is 3.41. The first-order valence-corrected chi connectivity index (χ1v) is 7.47. The third-order valence-corrected chi connectivity index (χ3v) is 4.02. The molecule has 0 saturated carbocycles. The molecular weight excluding hydrogens is 274 g/mol. The molecule has 0 unspecified atom stereocenters. The Morgan fingerprint density at radius 1 is 1.55 bits per heavy atom. The second kappa shape index (κ2) is 6.76. The fourth-order valence-corrected chi connectivity index (χ4v) is 2.89. The van der Waals surface area contributed by atoms with Crippen LogP contribution in [-0.2, 0) is 4.74 Å². The maximum absolute atomic E-state index is 12.2. The van der Waals surface area contributed by atoms with E-state index in [9.17, 15) is 4.79 Å². The minimum Gasteiger partial charge on any atom is -0.381 e. The maximum Gasteiger partial charge on any atom is 0.280 e. The van der Waals surface area contributed by atoms with Crippen LogP contribution in [0.15, 0.2) is 4.99 Å². The minimum atomic E-state index is -0.133. The summed E-state index contributed by atoms with van der Waals surface area (Å²) < 4.78 is 6.04. The lowest BCUT2D eigenvalue weighted by atomic mass is 10.1. The molecular formula is C14H19N3O2S. The predicted molar refractivity (Wildman–Crippen MR) is 81.4 cm³/mol. The van der Waals surface area contributed by atoms with Crippen molar-refractivity contribution in [1.29, 1.82) is 0 Å². The van der Waals surface area contributed by atoms with Crippen LogP contribution >= 0.6 is 11.3 Å². The SMILES string of the molecule is C=c1sc(C(=O)NC2CCOCC2)n/c1=C(C)/N=C\C. The fraction of sp³-hybridized carbons (Fsp3) is 0.500. The first-order chi connectivity index (χ1) is 9.61. The van der Waals surface area contributed by atoms with Crippen LogP contribution in [0.5, 0.6) is 0 Å². The number of hydrogen-bond donors (Lipinski definition) is 1. The van der Waals surface area contributed by atoms with Gasteiger partial charge in [0.05, 0.1) is 5.70 Å². The quantitative estimate of drug-likeness (QED) is 0.834. The molecule has 0 aliphatic carbocycles. The van der Waals surface area contributed by atoms with Crippen molar-refractivity contribution in [2.24, 2.45) is 4.99 Å². The molecule has 0 bridgehead atoms. The summed E-state index contributed by atoms with van der Waals surface area (Å²) in [6.45, 7) is 9.05. The molecule has 1 aromatic rings. The van der Waals surface area contributed by atoms with E-state index < -0.39 is 0 Å². The molecule has 1 fully saturated rings. The van der Waals surface area contributed by atoms with Crippen molar-refractivity contribution in [3.8, 4) is 0 Å². The number of aromatic nitrogens is 1. The predicted octanol–water partition coefficient (Wildman–Crippen LogP) is 0.681. The fourth-order valence-electron chi connectivity index (χ4n) is 2.08. The standard InChI is InChI=1S/C14H19N3O2S/c1-4-15-9(2)12-10(3)20-14(17-12)13(18)16-11-5-7-19-8-6-11/h4,11H,3,5-8H2,1-2H3,(H,16,18)/b12-9+,15-4-. The lowest BCUT2D eigenvalue weighted by Gasteiger charge is -2.22. The van der Waals surface area contributed by atoms with E-state index in [4.69, 9.17) is 4.74 Å². The zero-order valence-corrected chi connectivity index (χ0v) is 12.6. The highest BCUT2D eigenvalue weighted by molar-refractivity contribution is 7.11. The van der Waals surface area contributed by atoms with E-state index in [-0.39, 0.29) is 11.9 Å². The minimum absolute atomic E-state index is 0.133. The van der Waals surface area contributed by atoms with Gasteiger partial charge in [-0.1, -0.05) is 6.58 Å². The Balaban J connectivity index is 2.17. The van der Waals surface area contributed by atoms with E-state index in [2.05, 4.69) is 21.9 Å². The monoisotopic (exact) mass is 293 g/mol. The smallest absolute Gasteiger partial charge is 0.280 e. The Labute approximate surface area is 122 Å². The van der Waals surface area contributed by atoms with Gasteiger partial charge < -0.3 is 10.1 Å². The Hall–Kier alpha value is -1.53. The second-order valence-corrected chi connectivity index (χ2v) is 5.71. The van der Waals surface area contributed by atoms with E-state index in [1.807, 2.05) is 13.8 Å². The number of hydrogen-bond acceptors (Lipinski definition) is 5. The molecule has 1 saturated heterocycles. The molecule has 1 aliphatic heterocycles. The summed E-state index contributed by atoms with van der Waals surface area (Å²) in [7, 11) is 0. The molecule has 1 amide bonds. The van der Waals surface area contributed by atoms with Gasteiger partial charge in [0.25, 0.3) is 5.91 Å². The first-order valence-electron chi connectivity index (χ1n) is 6.65. The molecule has 0 atom stereocenters. The highest BCUT2D eigenvalue weighted by Crippen LogP contribution is 2.07. The Morgan fingerprint density at radius 3 is 2.90 bits per heavy atom. The first kappa shape index (κ1) is 14.9. The zero-order valence-electron chi connectivity index (χ0n) is 11.8. The van der Waals surface area contributed by atoms with Crippen LogP contribution in [0.3, 0.4) is 0 Å². The van der Waals surface area contributed by atoms with Gasteiger partial charge in [-0.3, -0.25) is 9.79 Å². The molecule has 6 heteroatoms. The van der Waals surface area contributed by atoms with Gasteiger partial charge in [-0.2, -0.15) is 0 Å². The molecule has 1 aromatic heterocycles. The molecule has 0 radical (unpaired) electrons. The average molecular weight is 293 g/mol. The van der Waals surface area contributed by atoms with E-state index in [0.717, 1.165) is 23.1 Å². The highest BCUT2D eigenvalue weighted by Gasteiger charge is 2.18. The van der Waals surface area contributed by atoms with Gasteiger partial charge in [0, 0.05) is 30.0 Å². The van der Waals surface area contributed by atoms with Crippen LogP contribution in [0.1, 0.15) is 36.5 Å². The lowest BCUT2D eigenvalue weighted by Crippen LogP contribution is -2.39. The Bertz CT molecular complexity index is 615. The average Bonchev–Trinajstić information content (AvgIpc) is 2.82. The lowest BCUT2D eigenvalue weighted by molar-refractivity contribution is 0.0696. The van der Waals surface area contributed by atoms with Crippen LogP contribution in [0.2, 0.25) is 0 Å². The second-order valence-electron chi connectivity index (χ2n) is 4.62. The molecule has 0 aromatic carbocycles. The molecule has 2 heterocycles. The van der Waals surface area contributed by atoms with E-state index >= 15 is 0 Å². The Morgan fingerprint density at radius 2 is 2.25 bits per heavy atom. The largest absolute Gasteiger partial charge is 0.381 e. The number of nitrogens with one attached hydrogen (secondary N) is 1. The van der Waals surface area contributed by atoms with E-state index in [1.54, 1.807) is 6.21 Å². The normalized spacial score (nSPS) is 18.3. The number of nitrogens with zero attached hydrogens (tertiary/aromatic N) is 2. The topological polar surface area (TPSA) is 63.6 Å². The van der Waals surface area contributed by atoms with Gasteiger partial charge in [-0.15, -0.1) is 11.3 Å². The third-order valence-electron chi connectivity index (χ3n) is 3.11. The number of rotatable bonds is 3. The summed E-state index contributed by atoms with van der Waals surface area (Å²) in [6, 6.07) is 0.176. The number of carbonyl (C=O) groups is 1. The van der Waals surface area contributed by atoms with Gasteiger partial charge in [0.2, 0.25) is 0 Å². The van der Waals surface area contributed by atoms with Gasteiger partial charge in [0.1, 0.15) is 5.35 Å². The summed E-state index contributed by atoms with van der Waals surface area (Å²) in [5, 5.41) is 4.15. The molecule has 1 aliphatic rings. The van der Waals surface area contributed by atoms with E-state index in [0.29, 0.717) is 23.6 Å². The third kappa shape index (κ3) is 3.52. The van der Waals surface area contributed by atoms with Crippen molar-refractivity contribution in [2.75, 3.05) is 13.2 Å². The summed E-state index contributed by atoms with van der Waals surface area (Å²) in [5.41, 5.74) is 0.777. The molecule has 0 spiro atoms. The van der Waals surface area contributed by atoms with Crippen molar-refractivity contribution in [2.45, 2.75) is 32.7 Å². The van der Waals surface area contributed by atoms with Crippen molar-refractivity contribution in [1.82, 2.24) is 10.3 Å². The van der Waals surface area contributed by atoms with Crippen LogP contribution in [0.4, 0.5) is 0 Å². The van der Waals surface area contributed by atoms with Crippen LogP contribution in [-0.4, -0.2) is 36.4 Å². The zero-order chi connectivity index (χ0) is 14.5. The van der Waals surface area contributed by atoms with Crippen molar-refractivity contribution >= 4 is 35.7 Å². The summed E-state index contributed by atoms with van der Waals surface area (Å²) in [5.74, 6) is -0.133. The van der Waals surface area contributed by atoms with Gasteiger partial charge >= 0.3 is 0 Å². The molecule has 20 heavy (non-hydrogen) atoms. The highest BCUT2D eigenvalue weighted by atomic mass is 32.1. The Kier molecular flexibility index (Phi) is 5.03. The molecule has 2 rings (SSSR count). The van der Waals surface area contributed by atoms with Crippen LogP contribution in [0, 0.1) is 0 Å². The number of ether oxygens (including phenoxy) is 1. The molecule has 5 nitrogen and oxygen atoms in total.